The molecule has 1 aromatic carbocycles. The van der Waals surface area contributed by atoms with Crippen molar-refractivity contribution in [1.82, 2.24) is 0 Å². The highest BCUT2D eigenvalue weighted by Gasteiger charge is 2.42. The van der Waals surface area contributed by atoms with Gasteiger partial charge in [-0.05, 0) is 18.2 Å². The van der Waals surface area contributed by atoms with Crippen molar-refractivity contribution in [2.75, 3.05) is 23.9 Å². The van der Waals surface area contributed by atoms with Crippen LogP contribution in [0.15, 0.2) is 23.2 Å². The molecule has 5 nitrogen and oxygen atoms in total. The van der Waals surface area contributed by atoms with Gasteiger partial charge in [0.05, 0.1) is 29.7 Å². The van der Waals surface area contributed by atoms with Crippen LogP contribution in [0, 0.1) is 0 Å². The number of ether oxygens (including phenoxy) is 1. The Bertz CT molecular complexity index is 675. The molecule has 1 N–H and O–H groups in total. The van der Waals surface area contributed by atoms with Crippen LogP contribution in [0.4, 0.5) is 5.69 Å². The molecular weight excluding hydrogens is 320 g/mol. The predicted molar refractivity (Wildman–Crippen MR) is 82.9 cm³/mol. The predicted octanol–water partition coefficient (Wildman–Crippen LogP) is 2.03. The Morgan fingerprint density at radius 3 is 2.90 bits per heavy atom. The summed E-state index contributed by atoms with van der Waals surface area (Å²) in [7, 11) is -1.35. The zero-order valence-corrected chi connectivity index (χ0v) is 13.1. The molecule has 20 heavy (non-hydrogen) atoms. The number of hydrogen-bond donors (Lipinski definition) is 1. The number of nitrogens with one attached hydrogen (secondary N) is 1. The number of hydrogen-bond acceptors (Lipinski definition) is 6. The molecule has 0 saturated carbocycles. The van der Waals surface area contributed by atoms with Crippen LogP contribution in [-0.2, 0) is 9.84 Å². The van der Waals surface area contributed by atoms with Gasteiger partial charge in [0, 0.05) is 10.9 Å². The number of amidine groups is 1. The van der Waals surface area contributed by atoms with Gasteiger partial charge in [0.25, 0.3) is 0 Å². The van der Waals surface area contributed by atoms with Crippen LogP contribution in [0.2, 0.25) is 5.02 Å². The highest BCUT2D eigenvalue weighted by molar-refractivity contribution is 8.15. The molecule has 0 radical (unpaired) electrons. The van der Waals surface area contributed by atoms with Crippen molar-refractivity contribution >= 4 is 44.1 Å². The first-order chi connectivity index (χ1) is 9.47. The van der Waals surface area contributed by atoms with E-state index in [1.807, 2.05) is 6.07 Å². The van der Waals surface area contributed by atoms with Gasteiger partial charge in [-0.1, -0.05) is 23.4 Å². The van der Waals surface area contributed by atoms with Crippen LogP contribution < -0.4 is 10.1 Å². The van der Waals surface area contributed by atoms with Crippen molar-refractivity contribution in [3.05, 3.63) is 23.2 Å². The Morgan fingerprint density at radius 1 is 1.45 bits per heavy atom. The fraction of sp³-hybridized carbons (Fsp3) is 0.417. The number of halogens is 1. The zero-order valence-electron chi connectivity index (χ0n) is 10.7. The summed E-state index contributed by atoms with van der Waals surface area (Å²) in [4.78, 5) is 4.43. The van der Waals surface area contributed by atoms with E-state index < -0.39 is 9.84 Å². The van der Waals surface area contributed by atoms with Crippen molar-refractivity contribution in [2.24, 2.45) is 4.99 Å². The lowest BCUT2D eigenvalue weighted by molar-refractivity contribution is 0.415. The number of aliphatic imine (C=N–C) groups is 1. The average Bonchev–Trinajstić information content (AvgIpc) is 2.82. The van der Waals surface area contributed by atoms with Crippen LogP contribution in [0.25, 0.3) is 0 Å². The van der Waals surface area contributed by atoms with Gasteiger partial charge in [0.2, 0.25) is 0 Å². The summed E-state index contributed by atoms with van der Waals surface area (Å²) in [5.74, 6) is 0.973. The molecular formula is C12H13ClN2O3S2. The van der Waals surface area contributed by atoms with E-state index in [-0.39, 0.29) is 22.8 Å². The lowest BCUT2D eigenvalue weighted by Crippen LogP contribution is -2.13. The molecule has 1 aromatic rings. The molecule has 2 heterocycles. The van der Waals surface area contributed by atoms with Crippen molar-refractivity contribution in [1.29, 1.82) is 0 Å². The van der Waals surface area contributed by atoms with Gasteiger partial charge in [-0.15, -0.1) is 0 Å². The fourth-order valence-corrected chi connectivity index (χ4v) is 6.22. The van der Waals surface area contributed by atoms with Gasteiger partial charge in [-0.3, -0.25) is 4.99 Å². The molecule has 2 atom stereocenters. The normalized spacial score (nSPS) is 27.0. The topological polar surface area (TPSA) is 67.8 Å². The number of methoxy groups -OCH3 is 1. The molecule has 1 fully saturated rings. The second kappa shape index (κ2) is 5.13. The Morgan fingerprint density at radius 2 is 2.25 bits per heavy atom. The standard InChI is InChI=1S/C12H13ClN2O3S2/c1-18-10-3-2-7(4-8(10)13)14-12-15-9-5-20(16,17)6-11(9)19-12/h2-4,9,11H,5-6H2,1H3,(H,14,15). The molecule has 2 aliphatic heterocycles. The fourth-order valence-electron chi connectivity index (χ4n) is 2.28. The minimum Gasteiger partial charge on any atom is -0.495 e. The third kappa shape index (κ3) is 2.75. The van der Waals surface area contributed by atoms with Crippen LogP contribution in [0.1, 0.15) is 0 Å². The summed E-state index contributed by atoms with van der Waals surface area (Å²) in [6.45, 7) is 0. The van der Waals surface area contributed by atoms with Gasteiger partial charge >= 0.3 is 0 Å². The molecule has 0 amide bonds. The maximum absolute atomic E-state index is 11.5. The van der Waals surface area contributed by atoms with E-state index in [1.54, 1.807) is 19.2 Å². The SMILES string of the molecule is COc1ccc(NC2=NC3CS(=O)(=O)CC3S2)cc1Cl. The van der Waals surface area contributed by atoms with E-state index in [0.29, 0.717) is 10.8 Å². The van der Waals surface area contributed by atoms with Gasteiger partial charge in [-0.25, -0.2) is 8.42 Å². The average molecular weight is 333 g/mol. The number of thioether (sulfide) groups is 1. The lowest BCUT2D eigenvalue weighted by Gasteiger charge is -2.09. The number of sulfone groups is 1. The summed E-state index contributed by atoms with van der Waals surface area (Å²) < 4.78 is 28.1. The Kier molecular flexibility index (Phi) is 3.60. The van der Waals surface area contributed by atoms with Gasteiger partial charge in [-0.2, -0.15) is 0 Å². The molecule has 3 rings (SSSR count). The number of rotatable bonds is 2. The molecule has 0 bridgehead atoms. The van der Waals surface area contributed by atoms with Crippen molar-refractivity contribution in [3.63, 3.8) is 0 Å². The summed E-state index contributed by atoms with van der Waals surface area (Å²) in [6, 6.07) is 5.25. The molecule has 1 saturated heterocycles. The van der Waals surface area contributed by atoms with E-state index in [4.69, 9.17) is 16.3 Å². The van der Waals surface area contributed by atoms with Crippen molar-refractivity contribution in [2.45, 2.75) is 11.3 Å². The molecule has 2 unspecified atom stereocenters. The molecule has 0 spiro atoms. The Balaban J connectivity index is 1.73. The van der Waals surface area contributed by atoms with Gasteiger partial charge in [0.1, 0.15) is 5.75 Å². The first-order valence-electron chi connectivity index (χ1n) is 6.02. The van der Waals surface area contributed by atoms with Crippen molar-refractivity contribution < 1.29 is 13.2 Å². The van der Waals surface area contributed by atoms with E-state index in [1.165, 1.54) is 11.8 Å². The minimum absolute atomic E-state index is 0.0382. The van der Waals surface area contributed by atoms with E-state index in [9.17, 15) is 8.42 Å². The first-order valence-corrected chi connectivity index (χ1v) is 9.10. The molecule has 0 aliphatic carbocycles. The van der Waals surface area contributed by atoms with E-state index in [2.05, 4.69) is 10.3 Å². The Labute approximate surface area is 126 Å². The minimum atomic E-state index is -2.91. The Hall–Kier alpha value is -0.920. The second-order valence-corrected chi connectivity index (χ2v) is 8.50. The number of nitrogens with zero attached hydrogens (tertiary/aromatic N) is 1. The van der Waals surface area contributed by atoms with Crippen molar-refractivity contribution in [3.8, 4) is 5.75 Å². The molecule has 8 heteroatoms. The van der Waals surface area contributed by atoms with Gasteiger partial charge < -0.3 is 10.1 Å². The monoisotopic (exact) mass is 332 g/mol. The third-order valence-corrected chi connectivity index (χ3v) is 6.66. The van der Waals surface area contributed by atoms with E-state index >= 15 is 0 Å². The van der Waals surface area contributed by atoms with E-state index in [0.717, 1.165) is 10.9 Å². The third-order valence-electron chi connectivity index (χ3n) is 3.22. The van der Waals surface area contributed by atoms with Crippen LogP contribution in [-0.4, -0.2) is 43.5 Å². The second-order valence-electron chi connectivity index (χ2n) is 4.71. The maximum Gasteiger partial charge on any atom is 0.161 e. The van der Waals surface area contributed by atoms with Crippen LogP contribution >= 0.6 is 23.4 Å². The number of anilines is 1. The summed E-state index contributed by atoms with van der Waals surface area (Å²) in [6.07, 6.45) is 0. The number of benzene rings is 1. The maximum atomic E-state index is 11.5. The molecule has 0 aromatic heterocycles. The highest BCUT2D eigenvalue weighted by Crippen LogP contribution is 2.35. The van der Waals surface area contributed by atoms with Crippen LogP contribution in [0.5, 0.6) is 5.75 Å². The van der Waals surface area contributed by atoms with Gasteiger partial charge in [0.15, 0.2) is 15.0 Å². The summed E-state index contributed by atoms with van der Waals surface area (Å²) in [5.41, 5.74) is 0.810. The smallest absolute Gasteiger partial charge is 0.161 e. The highest BCUT2D eigenvalue weighted by atomic mass is 35.5. The molecule has 2 aliphatic rings. The lowest BCUT2D eigenvalue weighted by atomic mass is 10.3. The van der Waals surface area contributed by atoms with Crippen LogP contribution in [0.3, 0.4) is 0 Å². The zero-order chi connectivity index (χ0) is 14.3. The number of fused-ring (bicyclic) bond motifs is 1. The summed E-state index contributed by atoms with van der Waals surface area (Å²) >= 11 is 7.54. The summed E-state index contributed by atoms with van der Waals surface area (Å²) in [5, 5.41) is 4.47. The quantitative estimate of drug-likeness (QED) is 0.897. The molecule has 108 valence electrons. The first kappa shape index (κ1) is 14.0. The largest absolute Gasteiger partial charge is 0.495 e.